The van der Waals surface area contributed by atoms with Crippen molar-refractivity contribution in [1.82, 2.24) is 0 Å². The Hall–Kier alpha value is -2.03. The van der Waals surface area contributed by atoms with E-state index in [-0.39, 0.29) is 6.42 Å². The fourth-order valence-electron chi connectivity index (χ4n) is 1.84. The molecule has 0 aliphatic rings. The Bertz CT molecular complexity index is 532. The van der Waals surface area contributed by atoms with Crippen molar-refractivity contribution in [1.29, 1.82) is 0 Å². The second kappa shape index (κ2) is 4.23. The molecule has 0 aliphatic carbocycles. The van der Waals surface area contributed by atoms with E-state index in [0.29, 0.717) is 0 Å². The van der Waals surface area contributed by atoms with Gasteiger partial charge in [0.25, 0.3) is 0 Å². The van der Waals surface area contributed by atoms with Crippen LogP contribution in [0.25, 0.3) is 10.8 Å². The van der Waals surface area contributed by atoms with Crippen LogP contribution >= 0.6 is 0 Å². The Morgan fingerprint density at radius 3 is 2.56 bits per heavy atom. The maximum atomic E-state index is 10.7. The molecule has 1 N–H and O–H groups in total. The van der Waals surface area contributed by atoms with Gasteiger partial charge in [0.15, 0.2) is 0 Å². The van der Waals surface area contributed by atoms with Crippen molar-refractivity contribution in [3.63, 3.8) is 0 Å². The summed E-state index contributed by atoms with van der Waals surface area (Å²) in [6.07, 6.45) is 0.0322. The van der Waals surface area contributed by atoms with Gasteiger partial charge in [0.1, 0.15) is 5.75 Å². The summed E-state index contributed by atoms with van der Waals surface area (Å²) in [5, 5.41) is 10.7. The van der Waals surface area contributed by atoms with E-state index >= 15 is 0 Å². The van der Waals surface area contributed by atoms with Gasteiger partial charge in [-0.3, -0.25) is 4.79 Å². The number of fused-ring (bicyclic) bond motifs is 1. The molecule has 3 heteroatoms. The fourth-order valence-corrected chi connectivity index (χ4v) is 1.84. The average molecular weight is 216 g/mol. The summed E-state index contributed by atoms with van der Waals surface area (Å²) in [5.41, 5.74) is 0.809. The number of benzene rings is 2. The smallest absolute Gasteiger partial charge is 0.307 e. The predicted molar refractivity (Wildman–Crippen MR) is 61.8 cm³/mol. The molecule has 0 amide bonds. The van der Waals surface area contributed by atoms with Crippen LogP contribution < -0.4 is 4.74 Å². The molecule has 0 unspecified atom stereocenters. The van der Waals surface area contributed by atoms with Gasteiger partial charge >= 0.3 is 5.97 Å². The molecule has 0 aliphatic heterocycles. The fraction of sp³-hybridized carbons (Fsp3) is 0.154. The van der Waals surface area contributed by atoms with E-state index < -0.39 is 5.97 Å². The summed E-state index contributed by atoms with van der Waals surface area (Å²) in [7, 11) is 1.61. The minimum Gasteiger partial charge on any atom is -0.496 e. The van der Waals surface area contributed by atoms with Crippen molar-refractivity contribution in [2.75, 3.05) is 7.11 Å². The molecular formula is C13H12O3. The molecule has 0 heterocycles. The van der Waals surface area contributed by atoms with E-state index in [9.17, 15) is 4.79 Å². The lowest BCUT2D eigenvalue weighted by molar-refractivity contribution is -0.136. The van der Waals surface area contributed by atoms with E-state index in [2.05, 4.69) is 0 Å². The lowest BCUT2D eigenvalue weighted by Gasteiger charge is -2.08. The van der Waals surface area contributed by atoms with E-state index in [4.69, 9.17) is 9.84 Å². The number of carboxylic acids is 1. The van der Waals surface area contributed by atoms with Gasteiger partial charge < -0.3 is 9.84 Å². The van der Waals surface area contributed by atoms with E-state index in [1.54, 1.807) is 7.11 Å². The molecule has 0 fully saturated rings. The van der Waals surface area contributed by atoms with Crippen LogP contribution in [-0.2, 0) is 11.2 Å². The highest BCUT2D eigenvalue weighted by Gasteiger charge is 2.07. The zero-order chi connectivity index (χ0) is 11.5. The first-order chi connectivity index (χ1) is 7.72. The van der Waals surface area contributed by atoms with Crippen LogP contribution in [0.1, 0.15) is 5.56 Å². The molecule has 2 aromatic rings. The SMILES string of the molecule is COc1cccc2c(CC(=O)O)cccc12. The number of carbonyl (C=O) groups is 1. The van der Waals surface area contributed by atoms with Crippen molar-refractivity contribution in [2.45, 2.75) is 6.42 Å². The van der Waals surface area contributed by atoms with Gasteiger partial charge in [-0.15, -0.1) is 0 Å². The number of aliphatic carboxylic acids is 1. The minimum absolute atomic E-state index is 0.0322. The molecule has 2 aromatic carbocycles. The summed E-state index contributed by atoms with van der Waals surface area (Å²) in [6.45, 7) is 0. The van der Waals surface area contributed by atoms with Gasteiger partial charge in [-0.1, -0.05) is 30.3 Å². The van der Waals surface area contributed by atoms with Crippen LogP contribution in [0.5, 0.6) is 5.75 Å². The van der Waals surface area contributed by atoms with Crippen molar-refractivity contribution in [2.24, 2.45) is 0 Å². The lowest BCUT2D eigenvalue weighted by atomic mass is 10.0. The van der Waals surface area contributed by atoms with Crippen LogP contribution in [0.4, 0.5) is 0 Å². The third kappa shape index (κ3) is 1.84. The number of rotatable bonds is 3. The maximum Gasteiger partial charge on any atom is 0.307 e. The van der Waals surface area contributed by atoms with Gasteiger partial charge in [0, 0.05) is 5.39 Å². The molecule has 0 atom stereocenters. The average Bonchev–Trinajstić information content (AvgIpc) is 2.28. The first kappa shape index (κ1) is 10.5. The summed E-state index contributed by atoms with van der Waals surface area (Å²) in [5.74, 6) is -0.0555. The highest BCUT2D eigenvalue weighted by atomic mass is 16.5. The summed E-state index contributed by atoms with van der Waals surface area (Å²) < 4.78 is 5.24. The first-order valence-electron chi connectivity index (χ1n) is 4.99. The van der Waals surface area contributed by atoms with Crippen molar-refractivity contribution in [3.8, 4) is 5.75 Å². The van der Waals surface area contributed by atoms with Crippen LogP contribution in [0, 0.1) is 0 Å². The third-order valence-corrected chi connectivity index (χ3v) is 2.53. The van der Waals surface area contributed by atoms with E-state index in [1.807, 2.05) is 36.4 Å². The molecule has 82 valence electrons. The predicted octanol–water partition coefficient (Wildman–Crippen LogP) is 2.48. The number of ether oxygens (including phenoxy) is 1. The molecule has 3 nitrogen and oxygen atoms in total. The highest BCUT2D eigenvalue weighted by Crippen LogP contribution is 2.27. The summed E-state index contributed by atoms with van der Waals surface area (Å²) in [4.78, 5) is 10.7. The molecule has 0 spiro atoms. The number of carboxylic acid groups (broad SMARTS) is 1. The largest absolute Gasteiger partial charge is 0.496 e. The number of hydrogen-bond acceptors (Lipinski definition) is 2. The molecule has 16 heavy (non-hydrogen) atoms. The molecule has 0 saturated carbocycles. The molecule has 0 bridgehead atoms. The van der Waals surface area contributed by atoms with Gasteiger partial charge in [-0.2, -0.15) is 0 Å². The standard InChI is InChI=1S/C13H12O3/c1-16-12-7-3-5-10-9(8-13(14)15)4-2-6-11(10)12/h2-7H,8H2,1H3,(H,14,15). The van der Waals surface area contributed by atoms with Crippen LogP contribution in [0.15, 0.2) is 36.4 Å². The van der Waals surface area contributed by atoms with Crippen molar-refractivity contribution < 1.29 is 14.6 Å². The minimum atomic E-state index is -0.824. The Balaban J connectivity index is 2.64. The normalized spacial score (nSPS) is 10.3. The Morgan fingerprint density at radius 1 is 1.19 bits per heavy atom. The zero-order valence-electron chi connectivity index (χ0n) is 8.93. The number of methoxy groups -OCH3 is 1. The van der Waals surface area contributed by atoms with Crippen LogP contribution in [-0.4, -0.2) is 18.2 Å². The molecular weight excluding hydrogens is 204 g/mol. The van der Waals surface area contributed by atoms with Gasteiger partial charge in [0.05, 0.1) is 13.5 Å². The van der Waals surface area contributed by atoms with E-state index in [0.717, 1.165) is 22.1 Å². The molecule has 2 rings (SSSR count). The molecule has 0 aromatic heterocycles. The Kier molecular flexibility index (Phi) is 2.77. The summed E-state index contributed by atoms with van der Waals surface area (Å²) in [6, 6.07) is 11.3. The quantitative estimate of drug-likeness (QED) is 0.857. The van der Waals surface area contributed by atoms with Gasteiger partial charge in [0.2, 0.25) is 0 Å². The zero-order valence-corrected chi connectivity index (χ0v) is 8.93. The molecule has 0 saturated heterocycles. The van der Waals surface area contributed by atoms with E-state index in [1.165, 1.54) is 0 Å². The van der Waals surface area contributed by atoms with Crippen molar-refractivity contribution in [3.05, 3.63) is 42.0 Å². The topological polar surface area (TPSA) is 46.5 Å². The Labute approximate surface area is 93.3 Å². The maximum absolute atomic E-state index is 10.7. The van der Waals surface area contributed by atoms with Crippen LogP contribution in [0.2, 0.25) is 0 Å². The summed E-state index contributed by atoms with van der Waals surface area (Å²) >= 11 is 0. The monoisotopic (exact) mass is 216 g/mol. The Morgan fingerprint density at radius 2 is 1.88 bits per heavy atom. The third-order valence-electron chi connectivity index (χ3n) is 2.53. The molecule has 0 radical (unpaired) electrons. The van der Waals surface area contributed by atoms with Gasteiger partial charge in [-0.05, 0) is 17.0 Å². The van der Waals surface area contributed by atoms with Crippen molar-refractivity contribution >= 4 is 16.7 Å². The first-order valence-corrected chi connectivity index (χ1v) is 4.99. The number of hydrogen-bond donors (Lipinski definition) is 1. The lowest BCUT2D eigenvalue weighted by Crippen LogP contribution is -2.00. The van der Waals surface area contributed by atoms with Crippen LogP contribution in [0.3, 0.4) is 0 Å². The second-order valence-corrected chi connectivity index (χ2v) is 3.54. The second-order valence-electron chi connectivity index (χ2n) is 3.54. The highest BCUT2D eigenvalue weighted by molar-refractivity contribution is 5.92. The van der Waals surface area contributed by atoms with Gasteiger partial charge in [-0.25, -0.2) is 0 Å².